The minimum absolute atomic E-state index is 0. The summed E-state index contributed by atoms with van der Waals surface area (Å²) in [5.41, 5.74) is 10.3. The van der Waals surface area contributed by atoms with Crippen molar-refractivity contribution in [2.24, 2.45) is 4.99 Å². The third-order valence-electron chi connectivity index (χ3n) is 9.71. The fourth-order valence-corrected chi connectivity index (χ4v) is 7.39. The van der Waals surface area contributed by atoms with Crippen LogP contribution in [0.4, 0.5) is 0 Å². The van der Waals surface area contributed by atoms with Crippen LogP contribution in [0.5, 0.6) is 0 Å². The van der Waals surface area contributed by atoms with Gasteiger partial charge in [-0.15, -0.1) is 6.04 Å². The Morgan fingerprint density at radius 3 is 2.34 bits per heavy atom. The normalized spacial score (nSPS) is 18.7. The smallest absolute Gasteiger partial charge is 0.0561 e. The molecule has 3 aliphatic rings. The summed E-state index contributed by atoms with van der Waals surface area (Å²) in [7, 11) is 0. The number of nitrogens with zero attached hydrogens (tertiary/aromatic N) is 4. The van der Waals surface area contributed by atoms with Gasteiger partial charge in [0, 0.05) is 36.7 Å². The van der Waals surface area contributed by atoms with E-state index in [0.717, 1.165) is 22.3 Å². The fourth-order valence-electron chi connectivity index (χ4n) is 7.39. The molecule has 2 aromatic heterocycles. The van der Waals surface area contributed by atoms with Crippen molar-refractivity contribution in [1.29, 1.82) is 0 Å². The predicted octanol–water partition coefficient (Wildman–Crippen LogP) is 10.6. The van der Waals surface area contributed by atoms with Gasteiger partial charge in [-0.1, -0.05) is 125 Å². The van der Waals surface area contributed by atoms with Gasteiger partial charge in [0.2, 0.25) is 0 Å². The quantitative estimate of drug-likeness (QED) is 0.154. The number of pyridine rings is 2. The van der Waals surface area contributed by atoms with Crippen molar-refractivity contribution in [2.75, 3.05) is 0 Å². The number of aliphatic imine (C=N–C) groups is 1. The molecule has 3 aliphatic carbocycles. The van der Waals surface area contributed by atoms with Gasteiger partial charge in [-0.2, -0.15) is 17.3 Å². The van der Waals surface area contributed by atoms with Crippen molar-refractivity contribution < 1.29 is 20.1 Å². The van der Waals surface area contributed by atoms with Gasteiger partial charge in [-0.3, -0.25) is 9.98 Å². The molecule has 0 N–H and O–H groups in total. The second-order valence-corrected chi connectivity index (χ2v) is 13.4. The summed E-state index contributed by atoms with van der Waals surface area (Å²) in [6.45, 7) is 11.0. The van der Waals surface area contributed by atoms with Crippen molar-refractivity contribution >= 4 is 27.5 Å². The third-order valence-corrected chi connectivity index (χ3v) is 9.71. The number of aromatic nitrogens is 2. The molecule has 4 nitrogen and oxygen atoms in total. The summed E-state index contributed by atoms with van der Waals surface area (Å²) in [6, 6.07) is 19.5. The maximum Gasteiger partial charge on any atom is 0.0561 e. The maximum atomic E-state index is 5.04. The van der Waals surface area contributed by atoms with Crippen LogP contribution in [0.2, 0.25) is 0 Å². The Morgan fingerprint density at radius 1 is 0.909 bits per heavy atom. The number of hydrogen-bond acceptors (Lipinski definition) is 3. The molecule has 0 aliphatic heterocycles. The summed E-state index contributed by atoms with van der Waals surface area (Å²) in [6.07, 6.45) is 17.3. The molecule has 0 bridgehead atoms. The molecule has 2 heterocycles. The molecule has 5 heteroatoms. The molecular weight excluding hydrogens is 717 g/mol. The average Bonchev–Trinajstić information content (AvgIpc) is 3.01. The van der Waals surface area contributed by atoms with Crippen molar-refractivity contribution in [2.45, 2.75) is 116 Å². The van der Waals surface area contributed by atoms with Crippen molar-refractivity contribution in [3.05, 3.63) is 88.5 Å². The molecule has 2 aromatic carbocycles. The standard InChI is InChI=1S/C22H17N2.C17H29N2.Ir/c1-13-6-4-8-18-15(13)12-17-21(24-18)14-10-11-23-19-9-5-7-16(20(14)19)22(17,2)3;1-14(18-16-9-5-3-6-10-16)13-15(2)19-17-11-7-4-8-12-17;/h4-9,11-12H,1-3H3;13,16-17H,3-12H2,1-2H3;/q2*-1;/b;14-13-,19-15?;. The first-order chi connectivity index (χ1) is 20.8. The zero-order valence-electron chi connectivity index (χ0n) is 27.0. The minimum atomic E-state index is -0.109. The molecule has 4 aromatic rings. The first-order valence-electron chi connectivity index (χ1n) is 16.5. The van der Waals surface area contributed by atoms with Gasteiger partial charge in [-0.25, -0.2) is 0 Å². The van der Waals surface area contributed by atoms with E-state index in [0.29, 0.717) is 12.1 Å². The first-order valence-corrected chi connectivity index (χ1v) is 16.5. The summed E-state index contributed by atoms with van der Waals surface area (Å²) in [5.74, 6) is 0. The molecule has 44 heavy (non-hydrogen) atoms. The zero-order chi connectivity index (χ0) is 30.0. The molecule has 0 spiro atoms. The molecule has 2 saturated carbocycles. The average molecular weight is 763 g/mol. The summed E-state index contributed by atoms with van der Waals surface area (Å²) in [5, 5.41) is 7.27. The molecule has 233 valence electrons. The Bertz CT molecular complexity index is 1670. The molecule has 0 atom stereocenters. The number of hydrogen-bond donors (Lipinski definition) is 0. The van der Waals surface area contributed by atoms with E-state index in [-0.39, 0.29) is 25.5 Å². The van der Waals surface area contributed by atoms with Gasteiger partial charge >= 0.3 is 0 Å². The molecular formula is C39H46IrN4-2. The Morgan fingerprint density at radius 2 is 1.59 bits per heavy atom. The van der Waals surface area contributed by atoms with E-state index >= 15 is 0 Å². The van der Waals surface area contributed by atoms with Gasteiger partial charge in [0.25, 0.3) is 0 Å². The Labute approximate surface area is 277 Å². The van der Waals surface area contributed by atoms with Gasteiger partial charge in [0.15, 0.2) is 0 Å². The zero-order valence-corrected chi connectivity index (χ0v) is 29.4. The van der Waals surface area contributed by atoms with Crippen LogP contribution < -0.4 is 0 Å². The SMILES string of the molecule is CC(/C=C(/C)[N-]C1CCCCC1)=NC1CCCCC1.Cc1cccc2nc3c(cc12)C(C)(C)c1cccc2nc[c-]c-3c12.[Ir]. The number of aryl methyl sites for hydroxylation is 1. The van der Waals surface area contributed by atoms with Gasteiger partial charge < -0.3 is 10.3 Å². The second kappa shape index (κ2) is 14.0. The Hall–Kier alpha value is -2.88. The molecule has 0 unspecified atom stereocenters. The van der Waals surface area contributed by atoms with Gasteiger partial charge in [0.1, 0.15) is 0 Å². The number of allylic oxidation sites excluding steroid dienone is 2. The van der Waals surface area contributed by atoms with Crippen LogP contribution in [0.25, 0.3) is 38.4 Å². The van der Waals surface area contributed by atoms with E-state index in [4.69, 9.17) is 15.3 Å². The molecule has 2 fully saturated rings. The largest absolute Gasteiger partial charge is 0.685 e. The van der Waals surface area contributed by atoms with E-state index in [1.807, 2.05) is 0 Å². The molecule has 1 radical (unpaired) electrons. The molecule has 0 saturated heterocycles. The first kappa shape index (κ1) is 32.5. The van der Waals surface area contributed by atoms with Crippen molar-refractivity contribution in [1.82, 2.24) is 9.97 Å². The third kappa shape index (κ3) is 6.85. The van der Waals surface area contributed by atoms with E-state index in [9.17, 15) is 0 Å². The van der Waals surface area contributed by atoms with Crippen molar-refractivity contribution in [3.63, 3.8) is 0 Å². The van der Waals surface area contributed by atoms with E-state index < -0.39 is 0 Å². The van der Waals surface area contributed by atoms with Crippen LogP contribution >= 0.6 is 0 Å². The van der Waals surface area contributed by atoms with Crippen LogP contribution in [-0.2, 0) is 25.5 Å². The fraction of sp³-hybridized carbons (Fsp3) is 0.462. The second-order valence-electron chi connectivity index (χ2n) is 13.4. The van der Waals surface area contributed by atoms with E-state index in [2.05, 4.69) is 94.2 Å². The summed E-state index contributed by atoms with van der Waals surface area (Å²) < 4.78 is 0. The maximum absolute atomic E-state index is 5.04. The van der Waals surface area contributed by atoms with Crippen LogP contribution in [0.3, 0.4) is 0 Å². The number of rotatable bonds is 4. The molecule has 7 rings (SSSR count). The summed E-state index contributed by atoms with van der Waals surface area (Å²) >= 11 is 0. The van der Waals surface area contributed by atoms with Crippen LogP contribution in [0, 0.1) is 13.0 Å². The van der Waals surface area contributed by atoms with Gasteiger partial charge in [-0.05, 0) is 61.7 Å². The number of fused-ring (bicyclic) bond motifs is 3. The van der Waals surface area contributed by atoms with E-state index in [1.165, 1.54) is 103 Å². The van der Waals surface area contributed by atoms with Crippen LogP contribution in [0.1, 0.15) is 109 Å². The van der Waals surface area contributed by atoms with Crippen molar-refractivity contribution in [3.8, 4) is 11.3 Å². The van der Waals surface area contributed by atoms with E-state index in [1.54, 1.807) is 6.20 Å². The monoisotopic (exact) mass is 763 g/mol. The van der Waals surface area contributed by atoms with Crippen LogP contribution in [-0.4, -0.2) is 27.8 Å². The Kier molecular flexibility index (Phi) is 10.4. The Balaban J connectivity index is 0.000000176. The van der Waals surface area contributed by atoms with Gasteiger partial charge in [0.05, 0.1) is 11.6 Å². The topological polar surface area (TPSA) is 52.2 Å². The molecule has 0 amide bonds. The van der Waals surface area contributed by atoms with Crippen LogP contribution in [0.15, 0.2) is 65.4 Å². The predicted molar refractivity (Wildman–Crippen MR) is 182 cm³/mol. The summed E-state index contributed by atoms with van der Waals surface area (Å²) in [4.78, 5) is 14.4. The number of benzene rings is 2. The minimum Gasteiger partial charge on any atom is -0.685 e.